The highest BCUT2D eigenvalue weighted by Crippen LogP contribution is 2.12. The summed E-state index contributed by atoms with van der Waals surface area (Å²) in [5.74, 6) is -1.78. The Morgan fingerprint density at radius 3 is 1.60 bits per heavy atom. The quantitative estimate of drug-likeness (QED) is 0.337. The molecule has 0 atom stereocenters. The maximum atomic E-state index is 12.1. The van der Waals surface area contributed by atoms with Crippen molar-refractivity contribution in [3.05, 3.63) is 29.3 Å². The molecule has 1 rings (SSSR count). The van der Waals surface area contributed by atoms with Crippen LogP contribution >= 0.6 is 0 Å². The Morgan fingerprint density at radius 2 is 1.24 bits per heavy atom. The lowest BCUT2D eigenvalue weighted by Gasteiger charge is -2.09. The van der Waals surface area contributed by atoms with Crippen LogP contribution in [-0.2, 0) is 19.1 Å². The highest BCUT2D eigenvalue weighted by molar-refractivity contribution is 6.01. The lowest BCUT2D eigenvalue weighted by molar-refractivity contribution is -0.141. The topological polar surface area (TPSA) is 137 Å². The maximum Gasteiger partial charge on any atom is 0.302 e. The van der Waals surface area contributed by atoms with Gasteiger partial charge >= 0.3 is 11.9 Å². The molecule has 0 aliphatic heterocycles. The Kier molecular flexibility index (Phi) is 7.91. The number of esters is 2. The van der Waals surface area contributed by atoms with Gasteiger partial charge in [-0.2, -0.15) is 0 Å². The number of hydrogen-bond acceptors (Lipinski definition) is 7. The first-order valence-corrected chi connectivity index (χ1v) is 7.53. The number of anilines is 1. The highest BCUT2D eigenvalue weighted by atomic mass is 16.5. The number of nitrogens with two attached hydrogens (primary N) is 1. The summed E-state index contributed by atoms with van der Waals surface area (Å²) in [5, 5.41) is 5.10. The summed E-state index contributed by atoms with van der Waals surface area (Å²) in [4.78, 5) is 45.4. The second-order valence-corrected chi connectivity index (χ2v) is 5.04. The van der Waals surface area contributed by atoms with E-state index in [1.165, 1.54) is 32.0 Å². The fraction of sp³-hybridized carbons (Fsp3) is 0.375. The largest absolute Gasteiger partial charge is 0.464 e. The van der Waals surface area contributed by atoms with Crippen LogP contribution in [0, 0.1) is 0 Å². The van der Waals surface area contributed by atoms with Crippen LogP contribution in [0.3, 0.4) is 0 Å². The number of nitrogen functional groups attached to an aromatic ring is 1. The molecule has 2 amide bonds. The predicted octanol–water partition coefficient (Wildman–Crippen LogP) is -0.145. The van der Waals surface area contributed by atoms with Crippen molar-refractivity contribution in [2.45, 2.75) is 13.8 Å². The van der Waals surface area contributed by atoms with Crippen LogP contribution in [0.1, 0.15) is 34.6 Å². The van der Waals surface area contributed by atoms with E-state index in [0.717, 1.165) is 0 Å². The Bertz CT molecular complexity index is 607. The number of nitrogens with one attached hydrogen (secondary N) is 2. The molecular weight excluding hydrogens is 330 g/mol. The molecule has 4 N–H and O–H groups in total. The number of amides is 2. The van der Waals surface area contributed by atoms with Gasteiger partial charge in [-0.1, -0.05) is 0 Å². The number of ether oxygens (including phenoxy) is 2. The standard InChI is InChI=1S/C16H21N3O6/c1-10(20)24-5-3-18-15(22)12-7-13(9-14(17)8-12)16(23)19-4-6-25-11(2)21/h7-9H,3-6,17H2,1-2H3,(H,18,22)(H,19,23). The SMILES string of the molecule is CC(=O)OCCNC(=O)c1cc(N)cc(C(=O)NCCOC(C)=O)c1. The molecule has 0 aliphatic rings. The third-order valence-electron chi connectivity index (χ3n) is 2.87. The smallest absolute Gasteiger partial charge is 0.302 e. The molecule has 136 valence electrons. The fourth-order valence-corrected chi connectivity index (χ4v) is 1.84. The van der Waals surface area contributed by atoms with Crippen molar-refractivity contribution < 1.29 is 28.7 Å². The molecule has 9 heteroatoms. The van der Waals surface area contributed by atoms with Gasteiger partial charge in [-0.25, -0.2) is 0 Å². The minimum Gasteiger partial charge on any atom is -0.464 e. The van der Waals surface area contributed by atoms with Gasteiger partial charge < -0.3 is 25.8 Å². The number of rotatable bonds is 8. The second kappa shape index (κ2) is 9.91. The van der Waals surface area contributed by atoms with E-state index in [-0.39, 0.29) is 43.1 Å². The van der Waals surface area contributed by atoms with Gasteiger partial charge in [0.2, 0.25) is 0 Å². The summed E-state index contributed by atoms with van der Waals surface area (Å²) < 4.78 is 9.41. The Labute approximate surface area is 144 Å². The van der Waals surface area contributed by atoms with Crippen LogP contribution in [-0.4, -0.2) is 50.1 Å². The van der Waals surface area contributed by atoms with Gasteiger partial charge in [0, 0.05) is 30.7 Å². The summed E-state index contributed by atoms with van der Waals surface area (Å²) in [6.07, 6.45) is 0. The van der Waals surface area contributed by atoms with E-state index in [2.05, 4.69) is 10.6 Å². The number of carbonyl (C=O) groups is 4. The first kappa shape index (κ1) is 19.9. The molecule has 0 saturated carbocycles. The zero-order valence-electron chi connectivity index (χ0n) is 14.1. The van der Waals surface area contributed by atoms with E-state index < -0.39 is 23.8 Å². The van der Waals surface area contributed by atoms with Crippen LogP contribution in [0.4, 0.5) is 5.69 Å². The van der Waals surface area contributed by atoms with Crippen LogP contribution in [0.2, 0.25) is 0 Å². The van der Waals surface area contributed by atoms with Crippen LogP contribution in [0.5, 0.6) is 0 Å². The monoisotopic (exact) mass is 351 g/mol. The Balaban J connectivity index is 2.62. The molecule has 0 saturated heterocycles. The number of carbonyl (C=O) groups excluding carboxylic acids is 4. The Hall–Kier alpha value is -3.10. The van der Waals surface area contributed by atoms with Crippen LogP contribution in [0.15, 0.2) is 18.2 Å². The Morgan fingerprint density at radius 1 is 0.840 bits per heavy atom. The van der Waals surface area contributed by atoms with Crippen molar-refractivity contribution in [1.82, 2.24) is 10.6 Å². The van der Waals surface area contributed by atoms with Crippen molar-refractivity contribution >= 4 is 29.4 Å². The zero-order chi connectivity index (χ0) is 18.8. The first-order valence-electron chi connectivity index (χ1n) is 7.53. The van der Waals surface area contributed by atoms with Crippen molar-refractivity contribution in [3.63, 3.8) is 0 Å². The minimum atomic E-state index is -0.451. The average molecular weight is 351 g/mol. The van der Waals surface area contributed by atoms with Gasteiger partial charge in [0.15, 0.2) is 0 Å². The predicted molar refractivity (Wildman–Crippen MR) is 88.8 cm³/mol. The van der Waals surface area contributed by atoms with Crippen molar-refractivity contribution in [1.29, 1.82) is 0 Å². The van der Waals surface area contributed by atoms with E-state index in [1.807, 2.05) is 0 Å². The minimum absolute atomic E-state index is 0.0485. The number of hydrogen-bond donors (Lipinski definition) is 3. The molecule has 0 aliphatic carbocycles. The van der Waals surface area contributed by atoms with Crippen LogP contribution in [0.25, 0.3) is 0 Å². The molecular formula is C16H21N3O6. The van der Waals surface area contributed by atoms with E-state index in [9.17, 15) is 19.2 Å². The van der Waals surface area contributed by atoms with E-state index in [4.69, 9.17) is 15.2 Å². The summed E-state index contributed by atoms with van der Waals surface area (Å²) >= 11 is 0. The summed E-state index contributed by atoms with van der Waals surface area (Å²) in [7, 11) is 0. The molecule has 0 heterocycles. The van der Waals surface area contributed by atoms with Gasteiger partial charge in [0.1, 0.15) is 13.2 Å². The number of benzene rings is 1. The van der Waals surface area contributed by atoms with Gasteiger partial charge in [0.05, 0.1) is 13.1 Å². The average Bonchev–Trinajstić information content (AvgIpc) is 2.54. The van der Waals surface area contributed by atoms with E-state index >= 15 is 0 Å². The molecule has 0 unspecified atom stereocenters. The molecule has 9 nitrogen and oxygen atoms in total. The summed E-state index contributed by atoms with van der Waals surface area (Å²) in [6, 6.07) is 4.24. The zero-order valence-corrected chi connectivity index (χ0v) is 14.1. The normalized spacial score (nSPS) is 9.84. The highest BCUT2D eigenvalue weighted by Gasteiger charge is 2.12. The molecule has 0 bridgehead atoms. The van der Waals surface area contributed by atoms with Crippen molar-refractivity contribution in [2.75, 3.05) is 32.0 Å². The van der Waals surface area contributed by atoms with Crippen molar-refractivity contribution in [2.24, 2.45) is 0 Å². The fourth-order valence-electron chi connectivity index (χ4n) is 1.84. The lowest BCUT2D eigenvalue weighted by Crippen LogP contribution is -2.30. The van der Waals surface area contributed by atoms with E-state index in [1.54, 1.807) is 0 Å². The molecule has 1 aromatic carbocycles. The molecule has 1 aromatic rings. The third kappa shape index (κ3) is 7.82. The molecule has 0 fully saturated rings. The first-order chi connectivity index (χ1) is 11.8. The van der Waals surface area contributed by atoms with Gasteiger partial charge in [-0.15, -0.1) is 0 Å². The van der Waals surface area contributed by atoms with Gasteiger partial charge in [-0.3, -0.25) is 19.2 Å². The molecule has 0 aromatic heterocycles. The summed E-state index contributed by atoms with van der Waals surface area (Å²) in [6.45, 7) is 2.91. The molecule has 0 radical (unpaired) electrons. The molecule has 0 spiro atoms. The second-order valence-electron chi connectivity index (χ2n) is 5.04. The van der Waals surface area contributed by atoms with E-state index in [0.29, 0.717) is 0 Å². The summed E-state index contributed by atoms with van der Waals surface area (Å²) in [5.41, 5.74) is 6.38. The molecule has 25 heavy (non-hydrogen) atoms. The van der Waals surface area contributed by atoms with Crippen molar-refractivity contribution in [3.8, 4) is 0 Å². The van der Waals surface area contributed by atoms with Crippen LogP contribution < -0.4 is 16.4 Å². The maximum absolute atomic E-state index is 12.1. The van der Waals surface area contributed by atoms with Gasteiger partial charge in [-0.05, 0) is 18.2 Å². The lowest BCUT2D eigenvalue weighted by atomic mass is 10.1. The van der Waals surface area contributed by atoms with Gasteiger partial charge in [0.25, 0.3) is 11.8 Å². The third-order valence-corrected chi connectivity index (χ3v) is 2.87.